The second-order valence-electron chi connectivity index (χ2n) is 7.70. The average Bonchev–Trinajstić information content (AvgIpc) is 3.23. The first kappa shape index (κ1) is 19.8. The molecular weight excluding hydrogens is 400 g/mol. The van der Waals surface area contributed by atoms with Crippen molar-refractivity contribution in [2.45, 2.75) is 13.0 Å². The van der Waals surface area contributed by atoms with Crippen LogP contribution < -0.4 is 10.9 Å². The highest BCUT2D eigenvalue weighted by atomic mass is 16.2. The Hall–Kier alpha value is -4.19. The third kappa shape index (κ3) is 3.90. The molecule has 0 bridgehead atoms. The molecule has 0 saturated carbocycles. The average molecular weight is 422 g/mol. The smallest absolute Gasteiger partial charge is 0.267 e. The molecule has 2 aromatic heterocycles. The number of nitrogens with one attached hydrogen (secondary N) is 2. The van der Waals surface area contributed by atoms with Crippen LogP contribution in [0.2, 0.25) is 0 Å². The molecule has 5 aromatic rings. The van der Waals surface area contributed by atoms with E-state index in [1.54, 1.807) is 6.07 Å². The minimum atomic E-state index is -0.305. The molecule has 0 saturated heterocycles. The Morgan fingerprint density at radius 3 is 2.59 bits per heavy atom. The van der Waals surface area contributed by atoms with Gasteiger partial charge in [0.1, 0.15) is 6.54 Å². The zero-order valence-corrected chi connectivity index (χ0v) is 17.4. The number of rotatable bonds is 6. The van der Waals surface area contributed by atoms with E-state index in [2.05, 4.69) is 21.5 Å². The lowest BCUT2D eigenvalue weighted by Crippen LogP contribution is -2.34. The van der Waals surface area contributed by atoms with E-state index in [1.807, 2.05) is 66.9 Å². The van der Waals surface area contributed by atoms with E-state index < -0.39 is 0 Å². The van der Waals surface area contributed by atoms with Gasteiger partial charge < -0.3 is 10.3 Å². The summed E-state index contributed by atoms with van der Waals surface area (Å²) in [4.78, 5) is 28.1. The van der Waals surface area contributed by atoms with Crippen molar-refractivity contribution < 1.29 is 4.79 Å². The van der Waals surface area contributed by atoms with Gasteiger partial charge in [-0.1, -0.05) is 60.7 Å². The molecular formula is C26H22N4O2. The highest BCUT2D eigenvalue weighted by molar-refractivity contribution is 5.95. The number of hydrogen-bond donors (Lipinski definition) is 2. The first-order valence-corrected chi connectivity index (χ1v) is 10.6. The van der Waals surface area contributed by atoms with Gasteiger partial charge in [0, 0.05) is 35.3 Å². The Kier molecular flexibility index (Phi) is 5.25. The maximum absolute atomic E-state index is 12.5. The van der Waals surface area contributed by atoms with Gasteiger partial charge >= 0.3 is 0 Å². The molecule has 0 aliphatic heterocycles. The Bertz CT molecular complexity index is 1480. The lowest BCUT2D eigenvalue weighted by Gasteiger charge is -2.10. The lowest BCUT2D eigenvalue weighted by molar-refractivity contribution is -0.121. The van der Waals surface area contributed by atoms with E-state index in [1.165, 1.54) is 10.7 Å². The zero-order chi connectivity index (χ0) is 21.9. The first-order chi connectivity index (χ1) is 15.7. The van der Waals surface area contributed by atoms with E-state index in [0.717, 1.165) is 32.8 Å². The van der Waals surface area contributed by atoms with Crippen molar-refractivity contribution in [3.8, 4) is 11.3 Å². The van der Waals surface area contributed by atoms with Crippen LogP contribution in [0.5, 0.6) is 0 Å². The highest BCUT2D eigenvalue weighted by Gasteiger charge is 2.10. The molecule has 2 heterocycles. The van der Waals surface area contributed by atoms with Gasteiger partial charge in [0.15, 0.2) is 0 Å². The van der Waals surface area contributed by atoms with Crippen LogP contribution >= 0.6 is 0 Å². The first-order valence-electron chi connectivity index (χ1n) is 10.6. The lowest BCUT2D eigenvalue weighted by atomic mass is 10.0. The number of aromatic nitrogens is 3. The van der Waals surface area contributed by atoms with Gasteiger partial charge in [-0.3, -0.25) is 9.59 Å². The predicted molar refractivity (Wildman–Crippen MR) is 126 cm³/mol. The topological polar surface area (TPSA) is 79.8 Å². The van der Waals surface area contributed by atoms with Crippen LogP contribution in [0.15, 0.2) is 89.9 Å². The monoisotopic (exact) mass is 422 g/mol. The molecule has 0 radical (unpaired) electrons. The van der Waals surface area contributed by atoms with Crippen LogP contribution in [-0.4, -0.2) is 27.2 Å². The minimum Gasteiger partial charge on any atom is -0.361 e. The molecule has 0 fully saturated rings. The van der Waals surface area contributed by atoms with E-state index in [4.69, 9.17) is 0 Å². The summed E-state index contributed by atoms with van der Waals surface area (Å²) in [6.45, 7) is 0.365. The summed E-state index contributed by atoms with van der Waals surface area (Å²) in [5.41, 5.74) is 3.51. The number of hydrogen-bond acceptors (Lipinski definition) is 3. The molecule has 1 amide bonds. The van der Waals surface area contributed by atoms with E-state index >= 15 is 0 Å². The number of aromatic amines is 1. The van der Waals surface area contributed by atoms with E-state index in [-0.39, 0.29) is 18.0 Å². The molecule has 6 heteroatoms. The van der Waals surface area contributed by atoms with Gasteiger partial charge in [-0.05, 0) is 34.9 Å². The normalized spacial score (nSPS) is 11.1. The van der Waals surface area contributed by atoms with Gasteiger partial charge in [-0.2, -0.15) is 5.10 Å². The van der Waals surface area contributed by atoms with Crippen molar-refractivity contribution in [1.82, 2.24) is 20.1 Å². The number of fused-ring (bicyclic) bond motifs is 2. The van der Waals surface area contributed by atoms with Crippen molar-refractivity contribution >= 4 is 27.6 Å². The molecule has 0 aliphatic rings. The largest absolute Gasteiger partial charge is 0.361 e. The van der Waals surface area contributed by atoms with Gasteiger partial charge in [-0.15, -0.1) is 0 Å². The van der Waals surface area contributed by atoms with Crippen molar-refractivity contribution in [1.29, 1.82) is 0 Å². The SMILES string of the molecule is O=C(Cn1nc(-c2cccc3ccccc23)ccc1=O)NCCc1c[nH]c2ccccc12. The predicted octanol–water partition coefficient (Wildman–Crippen LogP) is 3.90. The Balaban J connectivity index is 1.30. The standard InChI is InChI=1S/C26H22N4O2/c31-25(27-15-14-19-16-28-23-11-4-3-9-21(19)23)17-30-26(32)13-12-24(29-30)22-10-5-7-18-6-1-2-8-20(18)22/h1-13,16,28H,14-15,17H2,(H,27,31). The fraction of sp³-hybridized carbons (Fsp3) is 0.115. The summed E-state index contributed by atoms with van der Waals surface area (Å²) in [6, 6.07) is 25.2. The Labute approximate surface area is 184 Å². The van der Waals surface area contributed by atoms with E-state index in [9.17, 15) is 9.59 Å². The van der Waals surface area contributed by atoms with Crippen LogP contribution in [0.3, 0.4) is 0 Å². The van der Waals surface area contributed by atoms with Crippen LogP contribution in [0.25, 0.3) is 32.9 Å². The number of benzene rings is 3. The van der Waals surface area contributed by atoms with Crippen molar-refractivity contribution in [3.63, 3.8) is 0 Å². The summed E-state index contributed by atoms with van der Waals surface area (Å²) in [5, 5.41) is 10.7. The second-order valence-corrected chi connectivity index (χ2v) is 7.70. The molecule has 0 spiro atoms. The molecule has 3 aromatic carbocycles. The van der Waals surface area contributed by atoms with Crippen molar-refractivity contribution in [3.05, 3.63) is 101 Å². The fourth-order valence-corrected chi connectivity index (χ4v) is 4.02. The van der Waals surface area contributed by atoms with Gasteiger partial charge in [-0.25, -0.2) is 4.68 Å². The molecule has 158 valence electrons. The fourth-order valence-electron chi connectivity index (χ4n) is 4.02. The molecule has 32 heavy (non-hydrogen) atoms. The third-order valence-electron chi connectivity index (χ3n) is 5.62. The summed E-state index contributed by atoms with van der Waals surface area (Å²) in [6.07, 6.45) is 2.67. The number of carbonyl (C=O) groups excluding carboxylic acids is 1. The van der Waals surface area contributed by atoms with Gasteiger partial charge in [0.25, 0.3) is 5.56 Å². The molecule has 0 aliphatic carbocycles. The Morgan fingerprint density at radius 2 is 1.69 bits per heavy atom. The molecule has 2 N–H and O–H groups in total. The minimum absolute atomic E-state index is 0.120. The summed E-state index contributed by atoms with van der Waals surface area (Å²) in [7, 11) is 0. The molecule has 0 atom stereocenters. The summed E-state index contributed by atoms with van der Waals surface area (Å²) in [5.74, 6) is -0.241. The Morgan fingerprint density at radius 1 is 0.906 bits per heavy atom. The number of amides is 1. The summed E-state index contributed by atoms with van der Waals surface area (Å²) < 4.78 is 1.22. The number of para-hydroxylation sites is 1. The quantitative estimate of drug-likeness (QED) is 0.436. The van der Waals surface area contributed by atoms with Crippen molar-refractivity contribution in [2.24, 2.45) is 0 Å². The van der Waals surface area contributed by atoms with Gasteiger partial charge in [0.05, 0.1) is 5.69 Å². The van der Waals surface area contributed by atoms with Crippen LogP contribution in [0, 0.1) is 0 Å². The molecule has 0 unspecified atom stereocenters. The third-order valence-corrected chi connectivity index (χ3v) is 5.62. The maximum atomic E-state index is 12.5. The van der Waals surface area contributed by atoms with Gasteiger partial charge in [0.2, 0.25) is 5.91 Å². The molecule has 5 rings (SSSR count). The maximum Gasteiger partial charge on any atom is 0.267 e. The number of H-pyrrole nitrogens is 1. The number of nitrogens with zero attached hydrogens (tertiary/aromatic N) is 2. The highest BCUT2D eigenvalue weighted by Crippen LogP contribution is 2.26. The van der Waals surface area contributed by atoms with E-state index in [0.29, 0.717) is 18.7 Å². The van der Waals surface area contributed by atoms with Crippen molar-refractivity contribution in [2.75, 3.05) is 6.54 Å². The zero-order valence-electron chi connectivity index (χ0n) is 17.4. The second kappa shape index (κ2) is 8.51. The molecule has 6 nitrogen and oxygen atoms in total. The van der Waals surface area contributed by atoms with Crippen LogP contribution in [0.4, 0.5) is 0 Å². The number of carbonyl (C=O) groups is 1. The van der Waals surface area contributed by atoms with Crippen LogP contribution in [0.1, 0.15) is 5.56 Å². The van der Waals surface area contributed by atoms with Crippen LogP contribution in [-0.2, 0) is 17.8 Å². The summed E-state index contributed by atoms with van der Waals surface area (Å²) >= 11 is 0.